The molecule has 8 heteroatoms. The number of benzene rings is 1. The average molecular weight is 462 g/mol. The van der Waals surface area contributed by atoms with Crippen LogP contribution in [0.25, 0.3) is 0 Å². The minimum Gasteiger partial charge on any atom is -0.497 e. The Hall–Kier alpha value is -1.90. The van der Waals surface area contributed by atoms with Crippen LogP contribution in [0.4, 0.5) is 0 Å². The predicted octanol–water partition coefficient (Wildman–Crippen LogP) is 5.04. The lowest BCUT2D eigenvalue weighted by molar-refractivity contribution is 0.185. The molecular weight excluding hydrogens is 422 g/mol. The molecule has 7 nitrogen and oxygen atoms in total. The maximum atomic E-state index is 5.93. The number of aromatic nitrogens is 3. The molecule has 0 spiro atoms. The molecule has 178 valence electrons. The summed E-state index contributed by atoms with van der Waals surface area (Å²) in [5.41, 5.74) is 1.17. The zero-order valence-electron chi connectivity index (χ0n) is 20.5. The SMILES string of the molecule is CCCCn1c(C(CC)N(C)C)nn(CN2CCCC2c2cc(OC)ccc2OC)c1=S. The van der Waals surface area contributed by atoms with E-state index in [1.54, 1.807) is 14.2 Å². The van der Waals surface area contributed by atoms with Gasteiger partial charge in [-0.25, -0.2) is 4.68 Å². The summed E-state index contributed by atoms with van der Waals surface area (Å²) in [7, 11) is 7.67. The second-order valence-corrected chi connectivity index (χ2v) is 9.12. The largest absolute Gasteiger partial charge is 0.497 e. The lowest BCUT2D eigenvalue weighted by atomic mass is 10.0. The van der Waals surface area contributed by atoms with E-state index in [4.69, 9.17) is 26.8 Å². The van der Waals surface area contributed by atoms with Gasteiger partial charge < -0.3 is 14.0 Å². The van der Waals surface area contributed by atoms with Crippen molar-refractivity contribution in [3.8, 4) is 11.5 Å². The summed E-state index contributed by atoms with van der Waals surface area (Å²) in [6, 6.07) is 6.55. The van der Waals surface area contributed by atoms with Crippen molar-refractivity contribution >= 4 is 12.2 Å². The molecule has 2 unspecified atom stereocenters. The average Bonchev–Trinajstić information content (AvgIpc) is 3.37. The second kappa shape index (κ2) is 11.3. The zero-order valence-corrected chi connectivity index (χ0v) is 21.3. The molecule has 0 aliphatic carbocycles. The van der Waals surface area contributed by atoms with Crippen molar-refractivity contribution in [2.24, 2.45) is 0 Å². The van der Waals surface area contributed by atoms with Crippen molar-refractivity contribution in [3.63, 3.8) is 0 Å². The molecule has 2 atom stereocenters. The van der Waals surface area contributed by atoms with Crippen molar-refractivity contribution in [2.75, 3.05) is 34.9 Å². The van der Waals surface area contributed by atoms with E-state index in [1.165, 1.54) is 5.56 Å². The molecule has 1 aromatic carbocycles. The molecule has 0 amide bonds. The zero-order chi connectivity index (χ0) is 23.3. The van der Waals surface area contributed by atoms with Crippen molar-refractivity contribution in [2.45, 2.75) is 71.2 Å². The van der Waals surface area contributed by atoms with Crippen molar-refractivity contribution in [1.29, 1.82) is 0 Å². The van der Waals surface area contributed by atoms with Gasteiger partial charge in [0.05, 0.1) is 26.9 Å². The van der Waals surface area contributed by atoms with E-state index in [1.807, 2.05) is 16.8 Å². The van der Waals surface area contributed by atoms with E-state index in [-0.39, 0.29) is 12.1 Å². The smallest absolute Gasteiger partial charge is 0.199 e. The number of likely N-dealkylation sites (tertiary alicyclic amines) is 1. The van der Waals surface area contributed by atoms with E-state index in [9.17, 15) is 0 Å². The number of nitrogens with zero attached hydrogens (tertiary/aromatic N) is 5. The Morgan fingerprint density at radius 2 is 2.00 bits per heavy atom. The van der Waals surface area contributed by atoms with E-state index in [0.717, 1.165) is 67.3 Å². The highest BCUT2D eigenvalue weighted by Gasteiger charge is 2.30. The number of ether oxygens (including phenoxy) is 2. The van der Waals surface area contributed by atoms with Crippen LogP contribution in [0, 0.1) is 4.77 Å². The van der Waals surface area contributed by atoms with Gasteiger partial charge in [0.15, 0.2) is 4.77 Å². The fourth-order valence-corrected chi connectivity index (χ4v) is 5.00. The Labute approximate surface area is 197 Å². The highest BCUT2D eigenvalue weighted by molar-refractivity contribution is 7.71. The van der Waals surface area contributed by atoms with Gasteiger partial charge in [-0.3, -0.25) is 9.80 Å². The third-order valence-electron chi connectivity index (χ3n) is 6.47. The lowest BCUT2D eigenvalue weighted by Gasteiger charge is -2.26. The van der Waals surface area contributed by atoms with Crippen LogP contribution in [-0.2, 0) is 13.2 Å². The maximum Gasteiger partial charge on any atom is 0.199 e. The second-order valence-electron chi connectivity index (χ2n) is 8.75. The summed E-state index contributed by atoms with van der Waals surface area (Å²) in [4.78, 5) is 4.70. The fraction of sp³-hybridized carbons (Fsp3) is 0.667. The summed E-state index contributed by atoms with van der Waals surface area (Å²) >= 11 is 5.93. The highest BCUT2D eigenvalue weighted by atomic mass is 32.1. The van der Waals surface area contributed by atoms with Gasteiger partial charge >= 0.3 is 0 Å². The van der Waals surface area contributed by atoms with Crippen LogP contribution < -0.4 is 9.47 Å². The van der Waals surface area contributed by atoms with Crippen LogP contribution in [0.5, 0.6) is 11.5 Å². The summed E-state index contributed by atoms with van der Waals surface area (Å²) in [6.07, 6.45) is 5.45. The van der Waals surface area contributed by atoms with Gasteiger partial charge in [-0.05, 0) is 70.2 Å². The van der Waals surface area contributed by atoms with Gasteiger partial charge in [0.2, 0.25) is 0 Å². The van der Waals surface area contributed by atoms with Crippen LogP contribution in [0.15, 0.2) is 18.2 Å². The van der Waals surface area contributed by atoms with Gasteiger partial charge in [-0.15, -0.1) is 0 Å². The predicted molar refractivity (Wildman–Crippen MR) is 131 cm³/mol. The summed E-state index contributed by atoms with van der Waals surface area (Å²) in [5.74, 6) is 2.83. The first-order valence-electron chi connectivity index (χ1n) is 11.7. The van der Waals surface area contributed by atoms with Crippen LogP contribution >= 0.6 is 12.2 Å². The Morgan fingerprint density at radius 1 is 1.22 bits per heavy atom. The Bertz CT molecular complexity index is 939. The Balaban J connectivity index is 1.94. The maximum absolute atomic E-state index is 5.93. The van der Waals surface area contributed by atoms with Crippen LogP contribution in [0.3, 0.4) is 0 Å². The fourth-order valence-electron chi connectivity index (χ4n) is 4.72. The summed E-state index contributed by atoms with van der Waals surface area (Å²) < 4.78 is 16.3. The molecule has 0 radical (unpaired) electrons. The molecule has 2 heterocycles. The van der Waals surface area contributed by atoms with Crippen molar-refractivity contribution in [1.82, 2.24) is 24.1 Å². The molecule has 1 aromatic heterocycles. The number of hydrogen-bond donors (Lipinski definition) is 0. The third kappa shape index (κ3) is 5.18. The van der Waals surface area contributed by atoms with Crippen LogP contribution in [0.1, 0.15) is 69.4 Å². The molecule has 2 aromatic rings. The van der Waals surface area contributed by atoms with Gasteiger partial charge in [0.25, 0.3) is 0 Å². The number of methoxy groups -OCH3 is 2. The third-order valence-corrected chi connectivity index (χ3v) is 6.90. The molecule has 1 aliphatic heterocycles. The molecule has 0 saturated carbocycles. The van der Waals surface area contributed by atoms with Gasteiger partial charge in [-0.1, -0.05) is 20.3 Å². The van der Waals surface area contributed by atoms with E-state index < -0.39 is 0 Å². The molecule has 1 aliphatic rings. The van der Waals surface area contributed by atoms with Gasteiger partial charge in [0.1, 0.15) is 17.3 Å². The molecule has 1 saturated heterocycles. The van der Waals surface area contributed by atoms with Crippen LogP contribution in [0.2, 0.25) is 0 Å². The topological polar surface area (TPSA) is 47.7 Å². The number of hydrogen-bond acceptors (Lipinski definition) is 6. The Kier molecular flexibility index (Phi) is 8.73. The molecule has 3 rings (SSSR count). The van der Waals surface area contributed by atoms with Crippen molar-refractivity contribution < 1.29 is 9.47 Å². The molecule has 32 heavy (non-hydrogen) atoms. The minimum atomic E-state index is 0.252. The first-order chi connectivity index (χ1) is 15.4. The Morgan fingerprint density at radius 3 is 2.62 bits per heavy atom. The van der Waals surface area contributed by atoms with Gasteiger partial charge in [-0.2, -0.15) is 5.10 Å². The quantitative estimate of drug-likeness (QED) is 0.437. The first kappa shape index (κ1) is 24.7. The highest BCUT2D eigenvalue weighted by Crippen LogP contribution is 2.39. The van der Waals surface area contributed by atoms with Crippen molar-refractivity contribution in [3.05, 3.63) is 34.4 Å². The van der Waals surface area contributed by atoms with E-state index in [0.29, 0.717) is 6.67 Å². The van der Waals surface area contributed by atoms with E-state index in [2.05, 4.69) is 48.4 Å². The first-order valence-corrected chi connectivity index (χ1v) is 12.2. The minimum absolute atomic E-state index is 0.252. The molecule has 0 bridgehead atoms. The lowest BCUT2D eigenvalue weighted by Crippen LogP contribution is -2.27. The molecule has 0 N–H and O–H groups in total. The standard InChI is InChI=1S/C24H39N5O2S/c1-7-9-15-28-23(20(8-2)26(3)4)25-29(24(28)32)17-27-14-10-11-21(27)19-16-18(30-5)12-13-22(19)31-6/h12-13,16,20-21H,7-11,14-15,17H2,1-6H3. The summed E-state index contributed by atoms with van der Waals surface area (Å²) in [6.45, 7) is 7.03. The van der Waals surface area contributed by atoms with Gasteiger partial charge in [0, 0.05) is 24.7 Å². The normalized spacial score (nSPS) is 17.8. The van der Waals surface area contributed by atoms with E-state index >= 15 is 0 Å². The molecule has 1 fully saturated rings. The molecular formula is C24H39N5O2S. The monoisotopic (exact) mass is 461 g/mol. The number of rotatable bonds is 11. The summed E-state index contributed by atoms with van der Waals surface area (Å²) in [5, 5.41) is 5.06. The number of unbranched alkanes of at least 4 members (excludes halogenated alkanes) is 1. The van der Waals surface area contributed by atoms with Crippen LogP contribution in [-0.4, -0.2) is 59.0 Å².